The summed E-state index contributed by atoms with van der Waals surface area (Å²) in [5.41, 5.74) is 1.12. The number of carbonyl (C=O) groups is 2. The SMILES string of the molecule is Cn1cccc1CNC(=O)c1ccccc1C(=O)O. The summed E-state index contributed by atoms with van der Waals surface area (Å²) in [5.74, 6) is -1.50. The Labute approximate surface area is 110 Å². The van der Waals surface area contributed by atoms with Crippen LogP contribution in [-0.2, 0) is 13.6 Å². The Morgan fingerprint density at radius 3 is 2.42 bits per heavy atom. The zero-order chi connectivity index (χ0) is 13.8. The lowest BCUT2D eigenvalue weighted by atomic mass is 10.1. The minimum Gasteiger partial charge on any atom is -0.478 e. The van der Waals surface area contributed by atoms with Gasteiger partial charge in [0.1, 0.15) is 0 Å². The van der Waals surface area contributed by atoms with E-state index in [2.05, 4.69) is 5.32 Å². The summed E-state index contributed by atoms with van der Waals surface area (Å²) in [5, 5.41) is 11.7. The molecule has 2 aromatic rings. The number of rotatable bonds is 4. The van der Waals surface area contributed by atoms with Gasteiger partial charge in [-0.2, -0.15) is 0 Å². The van der Waals surface area contributed by atoms with E-state index in [9.17, 15) is 9.59 Å². The second kappa shape index (κ2) is 5.39. The van der Waals surface area contributed by atoms with Gasteiger partial charge in [0.15, 0.2) is 0 Å². The van der Waals surface area contributed by atoms with Gasteiger partial charge in [0.05, 0.1) is 17.7 Å². The number of hydrogen-bond acceptors (Lipinski definition) is 2. The molecule has 1 aromatic carbocycles. The van der Waals surface area contributed by atoms with Crippen LogP contribution in [0.1, 0.15) is 26.4 Å². The molecule has 0 saturated heterocycles. The number of amides is 1. The third-order valence-electron chi connectivity index (χ3n) is 2.88. The van der Waals surface area contributed by atoms with E-state index in [0.717, 1.165) is 5.69 Å². The monoisotopic (exact) mass is 258 g/mol. The maximum absolute atomic E-state index is 12.0. The fraction of sp³-hybridized carbons (Fsp3) is 0.143. The average molecular weight is 258 g/mol. The van der Waals surface area contributed by atoms with Crippen molar-refractivity contribution in [3.05, 3.63) is 59.4 Å². The van der Waals surface area contributed by atoms with Gasteiger partial charge in [-0.1, -0.05) is 12.1 Å². The predicted octanol–water partition coefficient (Wildman–Crippen LogP) is 1.65. The highest BCUT2D eigenvalue weighted by Crippen LogP contribution is 2.09. The van der Waals surface area contributed by atoms with Crippen molar-refractivity contribution in [2.75, 3.05) is 0 Å². The van der Waals surface area contributed by atoms with Crippen LogP contribution in [0.4, 0.5) is 0 Å². The second-order valence-electron chi connectivity index (χ2n) is 4.14. The van der Waals surface area contributed by atoms with Crippen LogP contribution in [0.25, 0.3) is 0 Å². The summed E-state index contributed by atoms with van der Waals surface area (Å²) in [6, 6.07) is 9.93. The lowest BCUT2D eigenvalue weighted by molar-refractivity contribution is 0.0691. The molecular weight excluding hydrogens is 244 g/mol. The summed E-state index contributed by atoms with van der Waals surface area (Å²) in [6.07, 6.45) is 1.88. The first-order valence-electron chi connectivity index (χ1n) is 5.80. The van der Waals surface area contributed by atoms with Crippen LogP contribution >= 0.6 is 0 Å². The van der Waals surface area contributed by atoms with Crippen LogP contribution in [-0.4, -0.2) is 21.6 Å². The van der Waals surface area contributed by atoms with Gasteiger partial charge in [-0.05, 0) is 24.3 Å². The first-order valence-corrected chi connectivity index (χ1v) is 5.80. The number of carboxylic acid groups (broad SMARTS) is 1. The van der Waals surface area contributed by atoms with Crippen LogP contribution in [0.15, 0.2) is 42.6 Å². The Morgan fingerprint density at radius 1 is 1.16 bits per heavy atom. The lowest BCUT2D eigenvalue weighted by Gasteiger charge is -2.08. The van der Waals surface area contributed by atoms with E-state index in [-0.39, 0.29) is 17.0 Å². The zero-order valence-electron chi connectivity index (χ0n) is 10.5. The van der Waals surface area contributed by atoms with Gasteiger partial charge >= 0.3 is 5.97 Å². The molecular formula is C14H14N2O3. The van der Waals surface area contributed by atoms with Gasteiger partial charge in [-0.3, -0.25) is 4.79 Å². The molecule has 2 rings (SSSR count). The van der Waals surface area contributed by atoms with Crippen LogP contribution in [0.5, 0.6) is 0 Å². The van der Waals surface area contributed by atoms with E-state index < -0.39 is 5.97 Å². The topological polar surface area (TPSA) is 71.3 Å². The molecule has 0 aliphatic carbocycles. The number of carbonyl (C=O) groups excluding carboxylic acids is 1. The number of hydrogen-bond donors (Lipinski definition) is 2. The Balaban J connectivity index is 2.13. The largest absolute Gasteiger partial charge is 0.478 e. The van der Waals surface area contributed by atoms with Gasteiger partial charge in [0.2, 0.25) is 0 Å². The molecule has 2 N–H and O–H groups in total. The van der Waals surface area contributed by atoms with Crippen molar-refractivity contribution in [1.29, 1.82) is 0 Å². The first kappa shape index (κ1) is 12.9. The molecule has 0 radical (unpaired) electrons. The summed E-state index contributed by atoms with van der Waals surface area (Å²) >= 11 is 0. The van der Waals surface area contributed by atoms with Crippen molar-refractivity contribution in [2.24, 2.45) is 7.05 Å². The summed E-state index contributed by atoms with van der Waals surface area (Å²) < 4.78 is 1.89. The number of benzene rings is 1. The van der Waals surface area contributed by atoms with Crippen LogP contribution in [0, 0.1) is 0 Å². The Kier molecular flexibility index (Phi) is 3.66. The van der Waals surface area contributed by atoms with Gasteiger partial charge in [0, 0.05) is 18.9 Å². The van der Waals surface area contributed by atoms with Gasteiger partial charge in [0.25, 0.3) is 5.91 Å². The molecule has 0 fully saturated rings. The average Bonchev–Trinajstić information content (AvgIpc) is 2.81. The molecule has 0 atom stereocenters. The van der Waals surface area contributed by atoms with Crippen LogP contribution < -0.4 is 5.32 Å². The molecule has 1 aromatic heterocycles. The Hall–Kier alpha value is -2.56. The van der Waals surface area contributed by atoms with Gasteiger partial charge in [-0.15, -0.1) is 0 Å². The lowest BCUT2D eigenvalue weighted by Crippen LogP contribution is -2.25. The molecule has 0 spiro atoms. The van der Waals surface area contributed by atoms with Crippen molar-refractivity contribution in [3.63, 3.8) is 0 Å². The molecule has 0 unspecified atom stereocenters. The zero-order valence-corrected chi connectivity index (χ0v) is 10.5. The van der Waals surface area contributed by atoms with Crippen LogP contribution in [0.2, 0.25) is 0 Å². The quantitative estimate of drug-likeness (QED) is 0.876. The summed E-state index contributed by atoms with van der Waals surface area (Å²) in [4.78, 5) is 23.0. The van der Waals surface area contributed by atoms with Crippen molar-refractivity contribution in [1.82, 2.24) is 9.88 Å². The highest BCUT2D eigenvalue weighted by molar-refractivity contribution is 6.04. The van der Waals surface area contributed by atoms with Gasteiger partial charge < -0.3 is 15.0 Å². The third kappa shape index (κ3) is 2.82. The molecule has 19 heavy (non-hydrogen) atoms. The number of nitrogens with zero attached hydrogens (tertiary/aromatic N) is 1. The second-order valence-corrected chi connectivity index (χ2v) is 4.14. The molecule has 0 aliphatic rings. The highest BCUT2D eigenvalue weighted by atomic mass is 16.4. The maximum atomic E-state index is 12.0. The van der Waals surface area contributed by atoms with Crippen molar-refractivity contribution in [2.45, 2.75) is 6.54 Å². The number of aromatic nitrogens is 1. The van der Waals surface area contributed by atoms with E-state index in [1.54, 1.807) is 12.1 Å². The number of carboxylic acids is 1. The first-order chi connectivity index (χ1) is 9.09. The minimum absolute atomic E-state index is 0.00637. The molecule has 1 heterocycles. The maximum Gasteiger partial charge on any atom is 0.336 e. The van der Waals surface area contributed by atoms with Crippen molar-refractivity contribution >= 4 is 11.9 Å². The Bertz CT molecular complexity index is 617. The molecule has 98 valence electrons. The summed E-state index contributed by atoms with van der Waals surface area (Å²) in [7, 11) is 1.88. The van der Waals surface area contributed by atoms with E-state index >= 15 is 0 Å². The Morgan fingerprint density at radius 2 is 1.84 bits per heavy atom. The fourth-order valence-corrected chi connectivity index (χ4v) is 1.81. The minimum atomic E-state index is -1.11. The molecule has 1 amide bonds. The summed E-state index contributed by atoms with van der Waals surface area (Å²) in [6.45, 7) is 0.357. The van der Waals surface area contributed by atoms with Gasteiger partial charge in [-0.25, -0.2) is 4.79 Å². The predicted molar refractivity (Wildman–Crippen MR) is 70.0 cm³/mol. The van der Waals surface area contributed by atoms with Crippen molar-refractivity contribution in [3.8, 4) is 0 Å². The van der Waals surface area contributed by atoms with E-state index in [0.29, 0.717) is 6.54 Å². The smallest absolute Gasteiger partial charge is 0.336 e. The molecule has 0 aliphatic heterocycles. The highest BCUT2D eigenvalue weighted by Gasteiger charge is 2.15. The molecule has 5 heteroatoms. The van der Waals surface area contributed by atoms with Crippen LogP contribution in [0.3, 0.4) is 0 Å². The fourth-order valence-electron chi connectivity index (χ4n) is 1.81. The van der Waals surface area contributed by atoms with E-state index in [1.807, 2.05) is 29.9 Å². The van der Waals surface area contributed by atoms with E-state index in [1.165, 1.54) is 12.1 Å². The number of aromatic carboxylic acids is 1. The number of aryl methyl sites for hydroxylation is 1. The third-order valence-corrected chi connectivity index (χ3v) is 2.88. The molecule has 0 bridgehead atoms. The number of nitrogens with one attached hydrogen (secondary N) is 1. The molecule has 5 nitrogen and oxygen atoms in total. The normalized spacial score (nSPS) is 10.2. The van der Waals surface area contributed by atoms with Crippen molar-refractivity contribution < 1.29 is 14.7 Å². The standard InChI is InChI=1S/C14H14N2O3/c1-16-8-4-5-10(16)9-15-13(17)11-6-2-3-7-12(11)14(18)19/h2-8H,9H2,1H3,(H,15,17)(H,18,19). The van der Waals surface area contributed by atoms with E-state index in [4.69, 9.17) is 5.11 Å². The molecule has 0 saturated carbocycles.